The average molecular weight is 264 g/mol. The predicted molar refractivity (Wildman–Crippen MR) is 77.6 cm³/mol. The fourth-order valence-electron chi connectivity index (χ4n) is 2.51. The molecule has 4 heteroatoms. The van der Waals surface area contributed by atoms with Gasteiger partial charge >= 0.3 is 0 Å². The van der Waals surface area contributed by atoms with Gasteiger partial charge in [-0.2, -0.15) is 0 Å². The molecule has 0 bridgehead atoms. The summed E-state index contributed by atoms with van der Waals surface area (Å²) in [5.74, 6) is 0. The molecule has 1 aromatic carbocycles. The second kappa shape index (κ2) is 6.89. The van der Waals surface area contributed by atoms with E-state index in [-0.39, 0.29) is 6.10 Å². The van der Waals surface area contributed by atoms with Crippen LogP contribution in [-0.2, 0) is 17.7 Å². The lowest BCUT2D eigenvalue weighted by Gasteiger charge is -2.13. The van der Waals surface area contributed by atoms with Crippen molar-refractivity contribution in [3.05, 3.63) is 29.3 Å². The molecular formula is C15H24N2O2. The number of nitrogens with one attached hydrogen (secondary N) is 1. The van der Waals surface area contributed by atoms with Crippen molar-refractivity contribution in [3.8, 4) is 0 Å². The molecule has 1 aromatic rings. The number of hydrogen-bond acceptors (Lipinski definition) is 4. The SMILES string of the molecule is COCC(O)CCNCc1ccc2c(c1)CCN2C. The van der Waals surface area contributed by atoms with Gasteiger partial charge in [0.25, 0.3) is 0 Å². The average Bonchev–Trinajstić information content (AvgIpc) is 2.76. The van der Waals surface area contributed by atoms with E-state index in [1.165, 1.54) is 16.8 Å². The molecule has 0 saturated heterocycles. The van der Waals surface area contributed by atoms with E-state index in [0.29, 0.717) is 6.61 Å². The molecule has 4 nitrogen and oxygen atoms in total. The van der Waals surface area contributed by atoms with E-state index >= 15 is 0 Å². The van der Waals surface area contributed by atoms with Crippen molar-refractivity contribution in [2.75, 3.05) is 38.8 Å². The summed E-state index contributed by atoms with van der Waals surface area (Å²) in [4.78, 5) is 2.30. The number of anilines is 1. The smallest absolute Gasteiger partial charge is 0.0785 e. The van der Waals surface area contributed by atoms with Crippen LogP contribution in [0.5, 0.6) is 0 Å². The van der Waals surface area contributed by atoms with Crippen LogP contribution in [0.3, 0.4) is 0 Å². The van der Waals surface area contributed by atoms with Crippen LogP contribution < -0.4 is 10.2 Å². The lowest BCUT2D eigenvalue weighted by Crippen LogP contribution is -2.23. The summed E-state index contributed by atoms with van der Waals surface area (Å²) in [6.07, 6.45) is 1.50. The maximum absolute atomic E-state index is 9.53. The number of aliphatic hydroxyl groups is 1. The highest BCUT2D eigenvalue weighted by molar-refractivity contribution is 5.58. The van der Waals surface area contributed by atoms with E-state index in [9.17, 15) is 5.11 Å². The highest BCUT2D eigenvalue weighted by Gasteiger charge is 2.15. The number of hydrogen-bond donors (Lipinski definition) is 2. The van der Waals surface area contributed by atoms with Gasteiger partial charge in [-0.25, -0.2) is 0 Å². The lowest BCUT2D eigenvalue weighted by atomic mass is 10.1. The predicted octanol–water partition coefficient (Wildman–Crippen LogP) is 1.17. The van der Waals surface area contributed by atoms with Gasteiger partial charge in [-0.05, 0) is 36.6 Å². The quantitative estimate of drug-likeness (QED) is 0.726. The van der Waals surface area contributed by atoms with Crippen molar-refractivity contribution < 1.29 is 9.84 Å². The molecule has 1 aliphatic heterocycles. The van der Waals surface area contributed by atoms with Crippen LogP contribution in [0.1, 0.15) is 17.5 Å². The molecule has 0 aliphatic carbocycles. The van der Waals surface area contributed by atoms with Crippen LogP contribution in [0.4, 0.5) is 5.69 Å². The van der Waals surface area contributed by atoms with Gasteiger partial charge in [-0.3, -0.25) is 0 Å². The zero-order chi connectivity index (χ0) is 13.7. The van der Waals surface area contributed by atoms with Crippen molar-refractivity contribution in [2.24, 2.45) is 0 Å². The molecule has 1 heterocycles. The van der Waals surface area contributed by atoms with E-state index < -0.39 is 0 Å². The summed E-state index contributed by atoms with van der Waals surface area (Å²) >= 11 is 0. The minimum Gasteiger partial charge on any atom is -0.391 e. The monoisotopic (exact) mass is 264 g/mol. The van der Waals surface area contributed by atoms with Crippen LogP contribution in [-0.4, -0.2) is 45.1 Å². The Hall–Kier alpha value is -1.10. The fourth-order valence-corrected chi connectivity index (χ4v) is 2.51. The lowest BCUT2D eigenvalue weighted by molar-refractivity contribution is 0.0594. The maximum Gasteiger partial charge on any atom is 0.0785 e. The Morgan fingerprint density at radius 1 is 1.47 bits per heavy atom. The number of fused-ring (bicyclic) bond motifs is 1. The summed E-state index contributed by atoms with van der Waals surface area (Å²) in [7, 11) is 3.75. The number of aliphatic hydroxyl groups excluding tert-OH is 1. The zero-order valence-corrected chi connectivity index (χ0v) is 11.9. The van der Waals surface area contributed by atoms with Crippen molar-refractivity contribution in [1.29, 1.82) is 0 Å². The van der Waals surface area contributed by atoms with Gasteiger partial charge < -0.3 is 20.1 Å². The highest BCUT2D eigenvalue weighted by Crippen LogP contribution is 2.27. The van der Waals surface area contributed by atoms with E-state index in [2.05, 4.69) is 35.5 Å². The number of ether oxygens (including phenoxy) is 1. The van der Waals surface area contributed by atoms with Gasteiger partial charge in [0.2, 0.25) is 0 Å². The van der Waals surface area contributed by atoms with E-state index in [1.807, 2.05) is 0 Å². The van der Waals surface area contributed by atoms with Crippen LogP contribution in [0.2, 0.25) is 0 Å². The Morgan fingerprint density at radius 2 is 2.32 bits per heavy atom. The Bertz CT molecular complexity index is 409. The minimum absolute atomic E-state index is 0.369. The molecule has 1 unspecified atom stereocenters. The molecule has 0 aromatic heterocycles. The Labute approximate surface area is 115 Å². The first-order chi connectivity index (χ1) is 9.20. The molecule has 2 rings (SSSR count). The number of rotatable bonds is 7. The first kappa shape index (κ1) is 14.3. The van der Waals surface area contributed by atoms with Crippen molar-refractivity contribution in [1.82, 2.24) is 5.32 Å². The maximum atomic E-state index is 9.53. The third-order valence-corrected chi connectivity index (χ3v) is 3.61. The van der Waals surface area contributed by atoms with Crippen molar-refractivity contribution in [2.45, 2.75) is 25.5 Å². The normalized spacial score (nSPS) is 15.6. The first-order valence-corrected chi connectivity index (χ1v) is 6.91. The number of likely N-dealkylation sites (N-methyl/N-ethyl adjacent to an activating group) is 1. The Balaban J connectivity index is 1.75. The summed E-state index contributed by atoms with van der Waals surface area (Å²) in [6, 6.07) is 6.68. The summed E-state index contributed by atoms with van der Waals surface area (Å²) in [5, 5.41) is 12.9. The highest BCUT2D eigenvalue weighted by atomic mass is 16.5. The minimum atomic E-state index is -0.369. The number of methoxy groups -OCH3 is 1. The van der Waals surface area contributed by atoms with E-state index in [4.69, 9.17) is 4.74 Å². The van der Waals surface area contributed by atoms with Crippen LogP contribution >= 0.6 is 0 Å². The van der Waals surface area contributed by atoms with Gasteiger partial charge in [0.05, 0.1) is 12.7 Å². The molecule has 0 fully saturated rings. The summed E-state index contributed by atoms with van der Waals surface area (Å²) < 4.78 is 4.90. The number of benzene rings is 1. The van der Waals surface area contributed by atoms with Gasteiger partial charge in [0.1, 0.15) is 0 Å². The zero-order valence-electron chi connectivity index (χ0n) is 11.9. The van der Waals surface area contributed by atoms with Gasteiger partial charge in [-0.1, -0.05) is 12.1 Å². The van der Waals surface area contributed by atoms with Gasteiger partial charge in [-0.15, -0.1) is 0 Å². The third-order valence-electron chi connectivity index (χ3n) is 3.61. The molecule has 19 heavy (non-hydrogen) atoms. The molecule has 1 atom stereocenters. The van der Waals surface area contributed by atoms with Crippen LogP contribution in [0.15, 0.2) is 18.2 Å². The Morgan fingerprint density at radius 3 is 3.11 bits per heavy atom. The molecule has 106 valence electrons. The molecule has 2 N–H and O–H groups in total. The van der Waals surface area contributed by atoms with Crippen molar-refractivity contribution in [3.63, 3.8) is 0 Å². The van der Waals surface area contributed by atoms with Gasteiger partial charge in [0.15, 0.2) is 0 Å². The first-order valence-electron chi connectivity index (χ1n) is 6.91. The van der Waals surface area contributed by atoms with Crippen LogP contribution in [0.25, 0.3) is 0 Å². The van der Waals surface area contributed by atoms with Gasteiger partial charge in [0, 0.05) is 32.9 Å². The molecule has 1 aliphatic rings. The Kier molecular flexibility index (Phi) is 5.19. The second-order valence-corrected chi connectivity index (χ2v) is 5.21. The molecule has 0 saturated carbocycles. The number of nitrogens with zero attached hydrogens (tertiary/aromatic N) is 1. The van der Waals surface area contributed by atoms with E-state index in [0.717, 1.165) is 32.5 Å². The molecule has 0 amide bonds. The van der Waals surface area contributed by atoms with Crippen molar-refractivity contribution >= 4 is 5.69 Å². The standard InChI is InChI=1S/C15H24N2O2/c1-17-8-6-13-9-12(3-4-15(13)17)10-16-7-5-14(18)11-19-2/h3-4,9,14,16,18H,5-8,10-11H2,1-2H3. The summed E-state index contributed by atoms with van der Waals surface area (Å²) in [5.41, 5.74) is 4.12. The molecule has 0 spiro atoms. The molecule has 0 radical (unpaired) electrons. The third kappa shape index (κ3) is 3.93. The topological polar surface area (TPSA) is 44.7 Å². The fraction of sp³-hybridized carbons (Fsp3) is 0.600. The van der Waals surface area contributed by atoms with Crippen LogP contribution in [0, 0.1) is 0 Å². The molecular weight excluding hydrogens is 240 g/mol. The largest absolute Gasteiger partial charge is 0.391 e. The second-order valence-electron chi connectivity index (χ2n) is 5.21. The van der Waals surface area contributed by atoms with E-state index in [1.54, 1.807) is 7.11 Å². The summed E-state index contributed by atoms with van der Waals surface area (Å²) in [6.45, 7) is 3.19.